The molecule has 1 N–H and O–H groups in total. The Balaban J connectivity index is 1.74. The number of nitrogens with one attached hydrogen (secondary N) is 1. The minimum Gasteiger partial charge on any atom is -0.339 e. The van der Waals surface area contributed by atoms with E-state index >= 15 is 0 Å². The Bertz CT molecular complexity index is 364. The molecule has 0 aromatic carbocycles. The summed E-state index contributed by atoms with van der Waals surface area (Å²) in [5.41, 5.74) is 0.0973. The molecule has 1 aromatic rings. The van der Waals surface area contributed by atoms with Crippen LogP contribution in [0, 0.1) is 5.92 Å². The van der Waals surface area contributed by atoms with Crippen molar-refractivity contribution < 1.29 is 4.52 Å². The number of hydrogen-bond acceptors (Lipinski definition) is 4. The number of nitrogens with zero attached hydrogens (tertiary/aromatic N) is 2. The standard InChI is InChI=1S/C12H19N3O/c1-12(4-6-13-7-5-12)11-14-10(15-16-11)8-9-2-3-9/h9,13H,2-8H2,1H3. The lowest BCUT2D eigenvalue weighted by Crippen LogP contribution is -2.37. The van der Waals surface area contributed by atoms with E-state index in [4.69, 9.17) is 4.52 Å². The fourth-order valence-electron chi connectivity index (χ4n) is 2.35. The monoisotopic (exact) mass is 221 g/mol. The summed E-state index contributed by atoms with van der Waals surface area (Å²) < 4.78 is 5.45. The molecule has 4 nitrogen and oxygen atoms in total. The van der Waals surface area contributed by atoms with Crippen LogP contribution >= 0.6 is 0 Å². The quantitative estimate of drug-likeness (QED) is 0.843. The highest BCUT2D eigenvalue weighted by atomic mass is 16.5. The molecule has 0 atom stereocenters. The van der Waals surface area contributed by atoms with Crippen molar-refractivity contribution in [3.63, 3.8) is 0 Å². The lowest BCUT2D eigenvalue weighted by Gasteiger charge is -2.30. The molecule has 0 radical (unpaired) electrons. The van der Waals surface area contributed by atoms with Crippen LogP contribution in [0.25, 0.3) is 0 Å². The second-order valence-electron chi connectivity index (χ2n) is 5.47. The first-order valence-corrected chi connectivity index (χ1v) is 6.30. The molecule has 1 aliphatic carbocycles. The zero-order chi connectivity index (χ0) is 11.0. The molecule has 1 aromatic heterocycles. The van der Waals surface area contributed by atoms with Crippen molar-refractivity contribution in [1.29, 1.82) is 0 Å². The van der Waals surface area contributed by atoms with Gasteiger partial charge in [-0.05, 0) is 44.7 Å². The molecule has 4 heteroatoms. The van der Waals surface area contributed by atoms with E-state index in [1.54, 1.807) is 0 Å². The van der Waals surface area contributed by atoms with E-state index in [0.717, 1.165) is 50.0 Å². The fraction of sp³-hybridized carbons (Fsp3) is 0.833. The van der Waals surface area contributed by atoms with Gasteiger partial charge in [-0.15, -0.1) is 0 Å². The molecule has 0 spiro atoms. The second kappa shape index (κ2) is 3.84. The van der Waals surface area contributed by atoms with E-state index < -0.39 is 0 Å². The first kappa shape index (κ1) is 10.3. The Hall–Kier alpha value is -0.900. The van der Waals surface area contributed by atoms with Crippen molar-refractivity contribution in [1.82, 2.24) is 15.5 Å². The highest BCUT2D eigenvalue weighted by molar-refractivity contribution is 5.06. The molecule has 2 aliphatic rings. The van der Waals surface area contributed by atoms with Crippen molar-refractivity contribution in [2.24, 2.45) is 5.92 Å². The molecule has 0 amide bonds. The van der Waals surface area contributed by atoms with Gasteiger partial charge in [0.1, 0.15) is 0 Å². The van der Waals surface area contributed by atoms with E-state index in [9.17, 15) is 0 Å². The lowest BCUT2D eigenvalue weighted by atomic mass is 9.81. The fourth-order valence-corrected chi connectivity index (χ4v) is 2.35. The number of rotatable bonds is 3. The highest BCUT2D eigenvalue weighted by Crippen LogP contribution is 2.34. The van der Waals surface area contributed by atoms with Crippen molar-refractivity contribution in [3.8, 4) is 0 Å². The van der Waals surface area contributed by atoms with Crippen LogP contribution < -0.4 is 5.32 Å². The van der Waals surface area contributed by atoms with Crippen LogP contribution in [0.1, 0.15) is 44.3 Å². The van der Waals surface area contributed by atoms with Crippen LogP contribution in [0.15, 0.2) is 4.52 Å². The van der Waals surface area contributed by atoms with E-state index in [2.05, 4.69) is 22.4 Å². The molecule has 2 fully saturated rings. The maximum atomic E-state index is 5.45. The van der Waals surface area contributed by atoms with E-state index in [0.29, 0.717) is 0 Å². The van der Waals surface area contributed by atoms with Crippen molar-refractivity contribution >= 4 is 0 Å². The first-order chi connectivity index (χ1) is 7.76. The van der Waals surface area contributed by atoms with Gasteiger partial charge < -0.3 is 9.84 Å². The van der Waals surface area contributed by atoms with Gasteiger partial charge in [0.05, 0.1) is 0 Å². The Kier molecular flexibility index (Phi) is 2.46. The highest BCUT2D eigenvalue weighted by Gasteiger charge is 2.35. The topological polar surface area (TPSA) is 51.0 Å². The molecule has 1 aliphatic heterocycles. The van der Waals surface area contributed by atoms with Crippen molar-refractivity contribution in [2.75, 3.05) is 13.1 Å². The van der Waals surface area contributed by atoms with Gasteiger partial charge in [-0.25, -0.2) is 0 Å². The maximum Gasteiger partial charge on any atom is 0.232 e. The van der Waals surface area contributed by atoms with Crippen LogP contribution in [0.5, 0.6) is 0 Å². The Morgan fingerprint density at radius 3 is 2.81 bits per heavy atom. The van der Waals surface area contributed by atoms with Gasteiger partial charge in [0.15, 0.2) is 5.82 Å². The summed E-state index contributed by atoms with van der Waals surface area (Å²) >= 11 is 0. The van der Waals surface area contributed by atoms with E-state index in [1.165, 1.54) is 12.8 Å². The van der Waals surface area contributed by atoms with Gasteiger partial charge in [0.2, 0.25) is 5.89 Å². The number of aromatic nitrogens is 2. The molecule has 3 rings (SSSR count). The van der Waals surface area contributed by atoms with E-state index in [-0.39, 0.29) is 5.41 Å². The van der Waals surface area contributed by atoms with Crippen molar-refractivity contribution in [3.05, 3.63) is 11.7 Å². The van der Waals surface area contributed by atoms with Crippen LogP contribution in [0.3, 0.4) is 0 Å². The number of piperidine rings is 1. The van der Waals surface area contributed by atoms with Gasteiger partial charge in [-0.1, -0.05) is 12.1 Å². The molecule has 0 bridgehead atoms. The van der Waals surface area contributed by atoms with Crippen LogP contribution in [-0.4, -0.2) is 23.2 Å². The van der Waals surface area contributed by atoms with Crippen molar-refractivity contribution in [2.45, 2.75) is 44.4 Å². The maximum absolute atomic E-state index is 5.45. The van der Waals surface area contributed by atoms with Crippen LogP contribution in [-0.2, 0) is 11.8 Å². The lowest BCUT2D eigenvalue weighted by molar-refractivity contribution is 0.240. The second-order valence-corrected chi connectivity index (χ2v) is 5.47. The summed E-state index contributed by atoms with van der Waals surface area (Å²) in [6.45, 7) is 4.34. The average molecular weight is 221 g/mol. The SMILES string of the molecule is CC1(c2nc(CC3CC3)no2)CCNCC1. The van der Waals surface area contributed by atoms with Crippen LogP contribution in [0.4, 0.5) is 0 Å². The molecule has 1 saturated carbocycles. The van der Waals surface area contributed by atoms with E-state index in [1.807, 2.05) is 0 Å². The first-order valence-electron chi connectivity index (χ1n) is 6.30. The predicted octanol–water partition coefficient (Wildman–Crippen LogP) is 1.66. The third-order valence-electron chi connectivity index (χ3n) is 3.86. The normalized spacial score (nSPS) is 24.6. The van der Waals surface area contributed by atoms with Crippen LogP contribution in [0.2, 0.25) is 0 Å². The largest absolute Gasteiger partial charge is 0.339 e. The third-order valence-corrected chi connectivity index (χ3v) is 3.86. The Morgan fingerprint density at radius 2 is 2.12 bits per heavy atom. The van der Waals surface area contributed by atoms with Gasteiger partial charge in [-0.3, -0.25) is 0 Å². The zero-order valence-electron chi connectivity index (χ0n) is 9.83. The summed E-state index contributed by atoms with van der Waals surface area (Å²) in [7, 11) is 0. The summed E-state index contributed by atoms with van der Waals surface area (Å²) in [6.07, 6.45) is 5.88. The zero-order valence-corrected chi connectivity index (χ0v) is 9.83. The third kappa shape index (κ3) is 1.98. The Morgan fingerprint density at radius 1 is 1.38 bits per heavy atom. The Labute approximate surface area is 95.8 Å². The van der Waals surface area contributed by atoms with Gasteiger partial charge in [0, 0.05) is 11.8 Å². The minimum absolute atomic E-state index is 0.0973. The predicted molar refractivity (Wildman–Crippen MR) is 60.2 cm³/mol. The average Bonchev–Trinajstić information content (AvgIpc) is 2.95. The molecule has 0 unspecified atom stereocenters. The molecule has 88 valence electrons. The summed E-state index contributed by atoms with van der Waals surface area (Å²) in [6, 6.07) is 0. The molecule has 2 heterocycles. The minimum atomic E-state index is 0.0973. The molecule has 1 saturated heterocycles. The number of hydrogen-bond donors (Lipinski definition) is 1. The molecule has 16 heavy (non-hydrogen) atoms. The summed E-state index contributed by atoms with van der Waals surface area (Å²) in [5.74, 6) is 2.59. The summed E-state index contributed by atoms with van der Waals surface area (Å²) in [5, 5.41) is 7.48. The summed E-state index contributed by atoms with van der Waals surface area (Å²) in [4.78, 5) is 4.58. The van der Waals surface area contributed by atoms with Gasteiger partial charge in [0.25, 0.3) is 0 Å². The molecular formula is C12H19N3O. The molecular weight excluding hydrogens is 202 g/mol. The smallest absolute Gasteiger partial charge is 0.232 e. The van der Waals surface area contributed by atoms with Gasteiger partial charge in [-0.2, -0.15) is 4.98 Å². The van der Waals surface area contributed by atoms with Gasteiger partial charge >= 0.3 is 0 Å².